The first-order chi connectivity index (χ1) is 8.47. The van der Waals surface area contributed by atoms with Gasteiger partial charge in [0.2, 0.25) is 0 Å². The van der Waals surface area contributed by atoms with Crippen molar-refractivity contribution in [2.75, 3.05) is 11.9 Å². The molecular formula is C11H11F3N2OS. The number of aliphatic hydroxyl groups excluding tert-OH is 1. The molecule has 0 aliphatic rings. The fraction of sp³-hybridized carbons (Fsp3) is 0.364. The summed E-state index contributed by atoms with van der Waals surface area (Å²) in [6, 6.07) is 7.45. The molecule has 0 aliphatic carbocycles. The molecule has 0 spiro atoms. The Kier molecular flexibility index (Phi) is 3.72. The van der Waals surface area contributed by atoms with Gasteiger partial charge in [0.05, 0.1) is 10.2 Å². The lowest BCUT2D eigenvalue weighted by molar-refractivity contribution is -0.204. The van der Waals surface area contributed by atoms with E-state index in [9.17, 15) is 13.2 Å². The minimum absolute atomic E-state index is 0.0283. The lowest BCUT2D eigenvalue weighted by Crippen LogP contribution is -2.30. The predicted molar refractivity (Wildman–Crippen MR) is 64.8 cm³/mol. The van der Waals surface area contributed by atoms with Crippen LogP contribution >= 0.6 is 11.3 Å². The van der Waals surface area contributed by atoms with Gasteiger partial charge in [-0.15, -0.1) is 0 Å². The normalized spacial score (nSPS) is 13.8. The van der Waals surface area contributed by atoms with Gasteiger partial charge in [-0.3, -0.25) is 0 Å². The van der Waals surface area contributed by atoms with Crippen molar-refractivity contribution in [1.29, 1.82) is 0 Å². The number of para-hydroxylation sites is 1. The topological polar surface area (TPSA) is 45.1 Å². The molecule has 0 fully saturated rings. The lowest BCUT2D eigenvalue weighted by Gasteiger charge is -2.14. The second kappa shape index (κ2) is 5.11. The summed E-state index contributed by atoms with van der Waals surface area (Å²) in [5.74, 6) is 0. The minimum atomic E-state index is -4.56. The number of fused-ring (bicyclic) bond motifs is 1. The Morgan fingerprint density at radius 2 is 2.06 bits per heavy atom. The number of hydrogen-bond donors (Lipinski definition) is 2. The molecule has 1 atom stereocenters. The van der Waals surface area contributed by atoms with Gasteiger partial charge in [-0.05, 0) is 18.6 Å². The third-order valence-electron chi connectivity index (χ3n) is 2.37. The number of nitrogens with zero attached hydrogens (tertiary/aromatic N) is 1. The first kappa shape index (κ1) is 13.1. The van der Waals surface area contributed by atoms with Gasteiger partial charge in [0.15, 0.2) is 11.2 Å². The molecule has 0 saturated heterocycles. The molecule has 18 heavy (non-hydrogen) atoms. The third-order valence-corrected chi connectivity index (χ3v) is 3.36. The molecule has 0 saturated carbocycles. The number of nitrogens with one attached hydrogen (secondary N) is 1. The number of thiazole rings is 1. The number of halogens is 3. The van der Waals surface area contributed by atoms with Gasteiger partial charge in [0, 0.05) is 6.54 Å². The third kappa shape index (κ3) is 3.11. The van der Waals surface area contributed by atoms with Gasteiger partial charge < -0.3 is 10.4 Å². The van der Waals surface area contributed by atoms with Gasteiger partial charge in [-0.1, -0.05) is 23.5 Å². The lowest BCUT2D eigenvalue weighted by atomic mass is 10.2. The van der Waals surface area contributed by atoms with Crippen LogP contribution in [-0.4, -0.2) is 28.9 Å². The van der Waals surface area contributed by atoms with E-state index in [0.717, 1.165) is 10.2 Å². The van der Waals surface area contributed by atoms with Crippen LogP contribution in [0.2, 0.25) is 0 Å². The molecule has 0 radical (unpaired) electrons. The fourth-order valence-corrected chi connectivity index (χ4v) is 2.32. The Balaban J connectivity index is 1.91. The Hall–Kier alpha value is -1.34. The summed E-state index contributed by atoms with van der Waals surface area (Å²) in [5.41, 5.74) is 0.807. The predicted octanol–water partition coefficient (Wildman–Crippen LogP) is 3.02. The van der Waals surface area contributed by atoms with Gasteiger partial charge in [0.1, 0.15) is 0 Å². The van der Waals surface area contributed by atoms with Crippen molar-refractivity contribution < 1.29 is 18.3 Å². The molecule has 1 aromatic heterocycles. The average Bonchev–Trinajstić information content (AvgIpc) is 2.70. The van der Waals surface area contributed by atoms with E-state index in [1.807, 2.05) is 24.3 Å². The van der Waals surface area contributed by atoms with Gasteiger partial charge >= 0.3 is 6.18 Å². The Labute approximate surface area is 105 Å². The van der Waals surface area contributed by atoms with Crippen LogP contribution < -0.4 is 5.32 Å². The van der Waals surface area contributed by atoms with Crippen LogP contribution in [0.4, 0.5) is 18.3 Å². The number of hydrogen-bond acceptors (Lipinski definition) is 4. The number of benzene rings is 1. The molecule has 0 bridgehead atoms. The molecule has 0 amide bonds. The molecular weight excluding hydrogens is 265 g/mol. The first-order valence-electron chi connectivity index (χ1n) is 5.31. The summed E-state index contributed by atoms with van der Waals surface area (Å²) < 4.78 is 37.1. The van der Waals surface area contributed by atoms with Crippen molar-refractivity contribution in [3.63, 3.8) is 0 Å². The van der Waals surface area contributed by atoms with Crippen molar-refractivity contribution in [3.8, 4) is 0 Å². The first-order valence-corrected chi connectivity index (χ1v) is 6.12. The van der Waals surface area contributed by atoms with Crippen LogP contribution in [0.25, 0.3) is 10.2 Å². The number of aromatic nitrogens is 1. The number of aliphatic hydroxyl groups is 1. The number of anilines is 1. The molecule has 2 rings (SSSR count). The molecule has 98 valence electrons. The number of alkyl halides is 3. The Morgan fingerprint density at radius 3 is 2.72 bits per heavy atom. The van der Waals surface area contributed by atoms with Crippen LogP contribution in [0.5, 0.6) is 0 Å². The molecule has 7 heteroatoms. The second-order valence-electron chi connectivity index (χ2n) is 3.76. The molecule has 2 N–H and O–H groups in total. The van der Waals surface area contributed by atoms with Gasteiger partial charge in [-0.2, -0.15) is 13.2 Å². The Bertz CT molecular complexity index is 493. The molecule has 1 aromatic carbocycles. The molecule has 0 aliphatic heterocycles. The molecule has 3 nitrogen and oxygen atoms in total. The maximum Gasteiger partial charge on any atom is 0.414 e. The monoisotopic (exact) mass is 276 g/mol. The summed E-state index contributed by atoms with van der Waals surface area (Å²) in [7, 11) is 0. The van der Waals surface area contributed by atoms with Crippen LogP contribution in [-0.2, 0) is 0 Å². The molecule has 2 aromatic rings. The number of rotatable bonds is 4. The van der Waals surface area contributed by atoms with E-state index in [2.05, 4.69) is 10.3 Å². The summed E-state index contributed by atoms with van der Waals surface area (Å²) in [6.07, 6.45) is -7.24. The van der Waals surface area contributed by atoms with Crippen molar-refractivity contribution >= 4 is 26.7 Å². The standard InChI is InChI=1S/C11H11F3N2OS/c12-11(13,14)9(17)5-6-15-10-16-7-3-1-2-4-8(7)18-10/h1-4,9,17H,5-6H2,(H,15,16). The average molecular weight is 276 g/mol. The van der Waals surface area contributed by atoms with Crippen molar-refractivity contribution in [2.45, 2.75) is 18.7 Å². The van der Waals surface area contributed by atoms with Crippen molar-refractivity contribution in [2.24, 2.45) is 0 Å². The summed E-state index contributed by atoms with van der Waals surface area (Å²) in [6.45, 7) is 0.0283. The van der Waals surface area contributed by atoms with Crippen LogP contribution in [0.1, 0.15) is 6.42 Å². The minimum Gasteiger partial charge on any atom is -0.384 e. The highest BCUT2D eigenvalue weighted by Crippen LogP contribution is 2.26. The largest absolute Gasteiger partial charge is 0.414 e. The fourth-order valence-electron chi connectivity index (χ4n) is 1.43. The van der Waals surface area contributed by atoms with Crippen LogP contribution in [0.15, 0.2) is 24.3 Å². The Morgan fingerprint density at radius 1 is 1.33 bits per heavy atom. The molecule has 1 unspecified atom stereocenters. The van der Waals surface area contributed by atoms with E-state index in [-0.39, 0.29) is 13.0 Å². The van der Waals surface area contributed by atoms with E-state index in [1.54, 1.807) is 0 Å². The zero-order valence-corrected chi connectivity index (χ0v) is 10.1. The van der Waals surface area contributed by atoms with Gasteiger partial charge in [0.25, 0.3) is 0 Å². The van der Waals surface area contributed by atoms with E-state index in [1.165, 1.54) is 11.3 Å². The second-order valence-corrected chi connectivity index (χ2v) is 4.79. The van der Waals surface area contributed by atoms with E-state index in [4.69, 9.17) is 5.11 Å². The molecule has 1 heterocycles. The summed E-state index contributed by atoms with van der Waals surface area (Å²) in [4.78, 5) is 4.22. The SMILES string of the molecule is OC(CCNc1nc2ccccc2s1)C(F)(F)F. The van der Waals surface area contributed by atoms with Crippen LogP contribution in [0.3, 0.4) is 0 Å². The maximum absolute atomic E-state index is 12.1. The highest BCUT2D eigenvalue weighted by Gasteiger charge is 2.37. The van der Waals surface area contributed by atoms with Crippen molar-refractivity contribution in [3.05, 3.63) is 24.3 Å². The summed E-state index contributed by atoms with van der Waals surface area (Å²) >= 11 is 1.37. The smallest absolute Gasteiger partial charge is 0.384 e. The van der Waals surface area contributed by atoms with Crippen LogP contribution in [0, 0.1) is 0 Å². The van der Waals surface area contributed by atoms with E-state index in [0.29, 0.717) is 5.13 Å². The quantitative estimate of drug-likeness (QED) is 0.902. The van der Waals surface area contributed by atoms with Gasteiger partial charge in [-0.25, -0.2) is 4.98 Å². The van der Waals surface area contributed by atoms with E-state index >= 15 is 0 Å². The highest BCUT2D eigenvalue weighted by atomic mass is 32.1. The highest BCUT2D eigenvalue weighted by molar-refractivity contribution is 7.22. The maximum atomic E-state index is 12.1. The van der Waals surface area contributed by atoms with E-state index < -0.39 is 12.3 Å². The zero-order chi connectivity index (χ0) is 13.2. The zero-order valence-electron chi connectivity index (χ0n) is 9.24. The van der Waals surface area contributed by atoms with Crippen molar-refractivity contribution in [1.82, 2.24) is 4.98 Å². The summed E-state index contributed by atoms with van der Waals surface area (Å²) in [5, 5.41) is 12.2.